The van der Waals surface area contributed by atoms with Crippen LogP contribution in [0.3, 0.4) is 0 Å². The molecule has 1 N–H and O–H groups in total. The molecule has 0 saturated heterocycles. The third-order valence-electron chi connectivity index (χ3n) is 7.47. The maximum Gasteiger partial charge on any atom is 0.220 e. The molecule has 4 atom stereocenters. The molecule has 1 amide bonds. The highest BCUT2D eigenvalue weighted by atomic mass is 16.1. The monoisotopic (exact) mass is 465 g/mol. The minimum Gasteiger partial charge on any atom is -0.350 e. The summed E-state index contributed by atoms with van der Waals surface area (Å²) in [4.78, 5) is 12.7. The van der Waals surface area contributed by atoms with E-state index in [1.807, 2.05) is 0 Å². The molecule has 0 fully saturated rings. The van der Waals surface area contributed by atoms with Gasteiger partial charge in [0, 0.05) is 6.42 Å². The molecule has 2 aromatic carbocycles. The lowest BCUT2D eigenvalue weighted by molar-refractivity contribution is -0.122. The Bertz CT molecular complexity index is 837. The van der Waals surface area contributed by atoms with Crippen molar-refractivity contribution in [2.24, 2.45) is 23.7 Å². The topological polar surface area (TPSA) is 29.1 Å². The van der Waals surface area contributed by atoms with Crippen LogP contribution in [0.25, 0.3) is 10.8 Å². The number of benzene rings is 2. The van der Waals surface area contributed by atoms with Crippen LogP contribution in [0, 0.1) is 23.7 Å². The van der Waals surface area contributed by atoms with Gasteiger partial charge < -0.3 is 5.32 Å². The highest BCUT2D eigenvalue weighted by Crippen LogP contribution is 2.25. The van der Waals surface area contributed by atoms with E-state index in [9.17, 15) is 4.79 Å². The summed E-state index contributed by atoms with van der Waals surface area (Å²) in [6, 6.07) is 14.8. The van der Waals surface area contributed by atoms with Crippen LogP contribution in [0.15, 0.2) is 42.5 Å². The molecule has 0 aliphatic heterocycles. The number of rotatable bonds is 16. The molecule has 0 aliphatic rings. The summed E-state index contributed by atoms with van der Waals surface area (Å²) >= 11 is 0. The first-order valence-electron chi connectivity index (χ1n) is 14.0. The number of hydrogen-bond donors (Lipinski definition) is 1. The fourth-order valence-corrected chi connectivity index (χ4v) is 5.22. The van der Waals surface area contributed by atoms with Crippen LogP contribution in [-0.4, -0.2) is 5.91 Å². The summed E-state index contributed by atoms with van der Waals surface area (Å²) in [6.45, 7) is 13.8. The van der Waals surface area contributed by atoms with Gasteiger partial charge >= 0.3 is 0 Å². The lowest BCUT2D eigenvalue weighted by Gasteiger charge is -2.19. The van der Waals surface area contributed by atoms with Crippen molar-refractivity contribution in [2.75, 3.05) is 0 Å². The summed E-state index contributed by atoms with van der Waals surface area (Å²) in [5.41, 5.74) is 1.20. The summed E-state index contributed by atoms with van der Waals surface area (Å²) in [5.74, 6) is 3.13. The van der Waals surface area contributed by atoms with E-state index in [1.165, 1.54) is 67.7 Å². The lowest BCUT2D eigenvalue weighted by Crippen LogP contribution is -2.28. The first-order chi connectivity index (χ1) is 16.3. The average molecular weight is 466 g/mol. The van der Waals surface area contributed by atoms with Gasteiger partial charge in [-0.25, -0.2) is 0 Å². The Kier molecular flexibility index (Phi) is 12.7. The van der Waals surface area contributed by atoms with Crippen molar-refractivity contribution in [3.05, 3.63) is 48.0 Å². The average Bonchev–Trinajstić information content (AvgIpc) is 2.78. The highest BCUT2D eigenvalue weighted by molar-refractivity contribution is 5.86. The molecule has 0 unspecified atom stereocenters. The Balaban J connectivity index is 1.61. The quantitative estimate of drug-likeness (QED) is 0.263. The van der Waals surface area contributed by atoms with Gasteiger partial charge in [-0.15, -0.1) is 0 Å². The molecule has 34 heavy (non-hydrogen) atoms. The van der Waals surface area contributed by atoms with Crippen LogP contribution in [0.4, 0.5) is 0 Å². The number of fused-ring (bicyclic) bond motifs is 1. The number of carbonyl (C=O) groups is 1. The SMILES string of the molecule is CC(C)CCC[C@@H](C)CCC[C@@H](C)CCC[C@H](C)CC(=O)N[C@H](C)c1cccc2ccccc12. The molecule has 190 valence electrons. The molecule has 2 aromatic rings. The number of amides is 1. The van der Waals surface area contributed by atoms with Gasteiger partial charge in [0.1, 0.15) is 0 Å². The minimum absolute atomic E-state index is 0.0265. The van der Waals surface area contributed by atoms with Gasteiger partial charge in [-0.2, -0.15) is 0 Å². The fraction of sp³-hybridized carbons (Fsp3) is 0.656. The van der Waals surface area contributed by atoms with Crippen LogP contribution in [0.1, 0.15) is 117 Å². The minimum atomic E-state index is 0.0265. The normalized spacial score (nSPS) is 15.3. The van der Waals surface area contributed by atoms with Gasteiger partial charge in [-0.05, 0) is 46.9 Å². The molecule has 0 bridgehead atoms. The zero-order valence-electron chi connectivity index (χ0n) is 22.9. The van der Waals surface area contributed by atoms with E-state index >= 15 is 0 Å². The van der Waals surface area contributed by atoms with Crippen molar-refractivity contribution in [2.45, 2.75) is 112 Å². The molecule has 0 heterocycles. The first kappa shape index (κ1) is 28.4. The van der Waals surface area contributed by atoms with E-state index in [-0.39, 0.29) is 11.9 Å². The van der Waals surface area contributed by atoms with Crippen molar-refractivity contribution < 1.29 is 4.79 Å². The Hall–Kier alpha value is -1.83. The Morgan fingerprint density at radius 3 is 1.82 bits per heavy atom. The Morgan fingerprint density at radius 1 is 0.676 bits per heavy atom. The van der Waals surface area contributed by atoms with Crippen molar-refractivity contribution in [3.8, 4) is 0 Å². The molecule has 2 rings (SSSR count). The first-order valence-corrected chi connectivity index (χ1v) is 14.0. The van der Waals surface area contributed by atoms with Crippen molar-refractivity contribution in [1.29, 1.82) is 0 Å². The second-order valence-corrected chi connectivity index (χ2v) is 11.6. The fourth-order valence-electron chi connectivity index (χ4n) is 5.22. The number of carbonyl (C=O) groups excluding carboxylic acids is 1. The van der Waals surface area contributed by atoms with E-state index in [0.29, 0.717) is 12.3 Å². The third kappa shape index (κ3) is 10.6. The molecule has 0 radical (unpaired) electrons. The predicted molar refractivity (Wildman–Crippen MR) is 149 cm³/mol. The number of hydrogen-bond acceptors (Lipinski definition) is 1. The summed E-state index contributed by atoms with van der Waals surface area (Å²) in [6.07, 6.45) is 12.6. The zero-order chi connectivity index (χ0) is 24.9. The van der Waals surface area contributed by atoms with E-state index in [0.717, 1.165) is 24.2 Å². The van der Waals surface area contributed by atoms with E-state index < -0.39 is 0 Å². The molecule has 2 nitrogen and oxygen atoms in total. The van der Waals surface area contributed by atoms with Gasteiger partial charge in [-0.3, -0.25) is 4.79 Å². The molecular formula is C32H51NO. The van der Waals surface area contributed by atoms with Gasteiger partial charge in [0.05, 0.1) is 6.04 Å². The zero-order valence-corrected chi connectivity index (χ0v) is 22.9. The maximum atomic E-state index is 12.7. The van der Waals surface area contributed by atoms with Gasteiger partial charge in [0.15, 0.2) is 0 Å². The van der Waals surface area contributed by atoms with Gasteiger partial charge in [-0.1, -0.05) is 135 Å². The molecule has 0 saturated carbocycles. The summed E-state index contributed by atoms with van der Waals surface area (Å²) in [7, 11) is 0. The summed E-state index contributed by atoms with van der Waals surface area (Å²) < 4.78 is 0. The van der Waals surface area contributed by atoms with Crippen molar-refractivity contribution in [1.82, 2.24) is 5.32 Å². The predicted octanol–water partition coefficient (Wildman–Crippen LogP) is 9.48. The second-order valence-electron chi connectivity index (χ2n) is 11.6. The summed E-state index contributed by atoms with van der Waals surface area (Å²) in [5, 5.41) is 5.69. The molecule has 0 aromatic heterocycles. The van der Waals surface area contributed by atoms with Crippen LogP contribution in [0.2, 0.25) is 0 Å². The van der Waals surface area contributed by atoms with E-state index in [1.54, 1.807) is 0 Å². The standard InChI is InChI=1S/C32H51NO/c1-24(2)13-9-14-25(3)15-10-16-26(4)17-11-18-27(5)23-32(34)33-28(6)30-22-12-20-29-19-7-8-21-31(29)30/h7-8,12,19-22,24-28H,9-11,13-18,23H2,1-6H3,(H,33,34)/t25-,26-,27+,28-/m1/s1. The van der Waals surface area contributed by atoms with Crippen molar-refractivity contribution >= 4 is 16.7 Å². The molecule has 0 aliphatic carbocycles. The smallest absolute Gasteiger partial charge is 0.220 e. The van der Waals surface area contributed by atoms with Gasteiger partial charge in [0.25, 0.3) is 0 Å². The second kappa shape index (κ2) is 15.2. The molecular weight excluding hydrogens is 414 g/mol. The van der Waals surface area contributed by atoms with Crippen LogP contribution in [0.5, 0.6) is 0 Å². The number of nitrogens with one attached hydrogen (secondary N) is 1. The lowest BCUT2D eigenvalue weighted by atomic mass is 9.90. The molecule has 0 spiro atoms. The van der Waals surface area contributed by atoms with Crippen LogP contribution >= 0.6 is 0 Å². The van der Waals surface area contributed by atoms with E-state index in [2.05, 4.69) is 89.3 Å². The highest BCUT2D eigenvalue weighted by Gasteiger charge is 2.15. The van der Waals surface area contributed by atoms with Crippen LogP contribution < -0.4 is 5.32 Å². The molecule has 2 heteroatoms. The van der Waals surface area contributed by atoms with E-state index in [4.69, 9.17) is 0 Å². The largest absolute Gasteiger partial charge is 0.350 e. The van der Waals surface area contributed by atoms with Crippen LogP contribution in [-0.2, 0) is 4.79 Å². The Labute approximate surface area is 210 Å². The Morgan fingerprint density at radius 2 is 1.21 bits per heavy atom. The third-order valence-corrected chi connectivity index (χ3v) is 7.47. The maximum absolute atomic E-state index is 12.7. The van der Waals surface area contributed by atoms with Crippen molar-refractivity contribution in [3.63, 3.8) is 0 Å². The van der Waals surface area contributed by atoms with Gasteiger partial charge in [0.2, 0.25) is 5.91 Å².